The highest BCUT2D eigenvalue weighted by atomic mass is 16.5. The van der Waals surface area contributed by atoms with Gasteiger partial charge in [-0.15, -0.1) is 0 Å². The molecule has 0 aliphatic carbocycles. The Labute approximate surface area is 145 Å². The summed E-state index contributed by atoms with van der Waals surface area (Å²) in [5.41, 5.74) is 5.41. The van der Waals surface area contributed by atoms with Crippen molar-refractivity contribution in [1.82, 2.24) is 15.2 Å². The zero-order valence-electron chi connectivity index (χ0n) is 14.1. The molecule has 0 aliphatic heterocycles. The number of hydrogen-bond donors (Lipinski definition) is 2. The predicted octanol–water partition coefficient (Wildman–Crippen LogP) is 4.51. The van der Waals surface area contributed by atoms with Gasteiger partial charge in [0.1, 0.15) is 11.3 Å². The van der Waals surface area contributed by atoms with Crippen LogP contribution < -0.4 is 10.1 Å². The summed E-state index contributed by atoms with van der Waals surface area (Å²) in [5.74, 6) is 0.752. The average molecular weight is 330 g/mol. The van der Waals surface area contributed by atoms with Crippen molar-refractivity contribution in [2.24, 2.45) is 0 Å². The van der Waals surface area contributed by atoms with Crippen LogP contribution in [-0.2, 0) is 0 Å². The molecule has 124 valence electrons. The molecule has 2 N–H and O–H groups in total. The summed E-state index contributed by atoms with van der Waals surface area (Å²) in [6.45, 7) is 6.21. The molecule has 0 radical (unpaired) electrons. The number of pyridine rings is 1. The minimum Gasteiger partial charge on any atom is -0.494 e. The number of rotatable bonds is 4. The number of para-hydroxylation sites is 1. The maximum Gasteiger partial charge on any atom is 0.145 e. The lowest BCUT2D eigenvalue weighted by Crippen LogP contribution is -2.02. The molecule has 0 amide bonds. The lowest BCUT2D eigenvalue weighted by atomic mass is 10.1. The van der Waals surface area contributed by atoms with E-state index < -0.39 is 0 Å². The third-order valence-electron chi connectivity index (χ3n) is 4.28. The Morgan fingerprint density at radius 2 is 2.04 bits per heavy atom. The smallest absolute Gasteiger partial charge is 0.145 e. The van der Waals surface area contributed by atoms with E-state index in [1.807, 2.05) is 42.6 Å². The number of nitrogens with one attached hydrogen (secondary N) is 2. The maximum absolute atomic E-state index is 5.42. The molecule has 0 aliphatic rings. The highest BCUT2D eigenvalue weighted by molar-refractivity contribution is 5.89. The molecule has 4 aromatic rings. The summed E-state index contributed by atoms with van der Waals surface area (Å²) in [5, 5.41) is 12.5. The normalized spacial score (nSPS) is 11.0. The van der Waals surface area contributed by atoms with Crippen molar-refractivity contribution in [2.45, 2.75) is 6.92 Å². The van der Waals surface area contributed by atoms with Gasteiger partial charge in [0.25, 0.3) is 0 Å². The first-order valence-electron chi connectivity index (χ1n) is 7.99. The van der Waals surface area contributed by atoms with E-state index in [2.05, 4.69) is 35.1 Å². The molecule has 5 nitrogen and oxygen atoms in total. The Morgan fingerprint density at radius 3 is 2.88 bits per heavy atom. The van der Waals surface area contributed by atoms with Crippen LogP contribution in [0.4, 0.5) is 5.69 Å². The molecule has 5 heteroatoms. The molecule has 0 atom stereocenters. The van der Waals surface area contributed by atoms with Crippen LogP contribution in [0.1, 0.15) is 11.3 Å². The summed E-state index contributed by atoms with van der Waals surface area (Å²) < 4.78 is 5.42. The van der Waals surface area contributed by atoms with Crippen LogP contribution in [0, 0.1) is 6.92 Å². The van der Waals surface area contributed by atoms with Crippen LogP contribution in [-0.4, -0.2) is 22.3 Å². The SMILES string of the molecule is C=C(Nc1cc2[nH]ncc2cc1C)c1ccc2cccc(OC)c2n1. The summed E-state index contributed by atoms with van der Waals surface area (Å²) in [4.78, 5) is 4.72. The number of benzene rings is 2. The summed E-state index contributed by atoms with van der Waals surface area (Å²) in [6.07, 6.45) is 1.82. The molecule has 25 heavy (non-hydrogen) atoms. The number of nitrogens with zero attached hydrogens (tertiary/aromatic N) is 2. The molecule has 2 heterocycles. The molecule has 2 aromatic carbocycles. The summed E-state index contributed by atoms with van der Waals surface area (Å²) in [6, 6.07) is 14.0. The highest BCUT2D eigenvalue weighted by Gasteiger charge is 2.09. The number of aromatic nitrogens is 3. The van der Waals surface area contributed by atoms with Gasteiger partial charge >= 0.3 is 0 Å². The lowest BCUT2D eigenvalue weighted by molar-refractivity contribution is 0.419. The standard InChI is InChI=1S/C20H18N4O/c1-12-9-15-11-21-24-18(15)10-17(12)22-13(2)16-8-7-14-5-4-6-19(25-3)20(14)23-16/h4-11,22H,2H2,1,3H3,(H,21,24). The molecule has 2 aromatic heterocycles. The molecule has 0 fully saturated rings. The monoisotopic (exact) mass is 330 g/mol. The van der Waals surface area contributed by atoms with E-state index in [0.29, 0.717) is 0 Å². The fourth-order valence-electron chi connectivity index (χ4n) is 2.92. The molecule has 0 saturated carbocycles. The Hall–Kier alpha value is -3.34. The van der Waals surface area contributed by atoms with Gasteiger partial charge in [-0.25, -0.2) is 4.98 Å². The van der Waals surface area contributed by atoms with Gasteiger partial charge in [0.05, 0.1) is 30.2 Å². The number of methoxy groups -OCH3 is 1. The molecule has 0 unspecified atom stereocenters. The number of ether oxygens (including phenoxy) is 1. The molecule has 4 rings (SSSR count). The number of H-pyrrole nitrogens is 1. The van der Waals surface area contributed by atoms with Crippen molar-refractivity contribution < 1.29 is 4.74 Å². The van der Waals surface area contributed by atoms with E-state index >= 15 is 0 Å². The number of aryl methyl sites for hydroxylation is 1. The van der Waals surface area contributed by atoms with E-state index in [0.717, 1.165) is 50.2 Å². The van der Waals surface area contributed by atoms with Gasteiger partial charge in [-0.3, -0.25) is 5.10 Å². The second-order valence-corrected chi connectivity index (χ2v) is 5.96. The first kappa shape index (κ1) is 15.2. The largest absolute Gasteiger partial charge is 0.494 e. The van der Waals surface area contributed by atoms with E-state index in [4.69, 9.17) is 9.72 Å². The topological polar surface area (TPSA) is 62.8 Å². The Kier molecular flexibility index (Phi) is 3.61. The minimum atomic E-state index is 0.731. The molecular weight excluding hydrogens is 312 g/mol. The van der Waals surface area contributed by atoms with Crippen LogP contribution in [0.2, 0.25) is 0 Å². The maximum atomic E-state index is 5.42. The van der Waals surface area contributed by atoms with Crippen molar-refractivity contribution in [1.29, 1.82) is 0 Å². The number of fused-ring (bicyclic) bond motifs is 2. The Balaban J connectivity index is 1.70. The van der Waals surface area contributed by atoms with Crippen molar-refractivity contribution >= 4 is 33.2 Å². The van der Waals surface area contributed by atoms with Crippen LogP contribution in [0.5, 0.6) is 5.75 Å². The molecule has 0 saturated heterocycles. The third kappa shape index (κ3) is 2.70. The van der Waals surface area contributed by atoms with Crippen molar-refractivity contribution in [3.05, 3.63) is 66.5 Å². The van der Waals surface area contributed by atoms with Gasteiger partial charge in [0.2, 0.25) is 0 Å². The average Bonchev–Trinajstić information content (AvgIpc) is 3.08. The molecule has 0 bridgehead atoms. The highest BCUT2D eigenvalue weighted by Crippen LogP contribution is 2.27. The fourth-order valence-corrected chi connectivity index (χ4v) is 2.92. The van der Waals surface area contributed by atoms with Gasteiger partial charge in [0, 0.05) is 16.5 Å². The van der Waals surface area contributed by atoms with Gasteiger partial charge in [-0.1, -0.05) is 24.8 Å². The Morgan fingerprint density at radius 1 is 1.16 bits per heavy atom. The van der Waals surface area contributed by atoms with Crippen molar-refractivity contribution in [3.8, 4) is 5.75 Å². The van der Waals surface area contributed by atoms with Crippen molar-refractivity contribution in [2.75, 3.05) is 12.4 Å². The van der Waals surface area contributed by atoms with Crippen LogP contribution in [0.3, 0.4) is 0 Å². The molecule has 0 spiro atoms. The number of hydrogen-bond acceptors (Lipinski definition) is 4. The van der Waals surface area contributed by atoms with E-state index in [9.17, 15) is 0 Å². The third-order valence-corrected chi connectivity index (χ3v) is 4.28. The van der Waals surface area contributed by atoms with Crippen molar-refractivity contribution in [3.63, 3.8) is 0 Å². The van der Waals surface area contributed by atoms with Crippen LogP contribution >= 0.6 is 0 Å². The first-order chi connectivity index (χ1) is 12.2. The summed E-state index contributed by atoms with van der Waals surface area (Å²) in [7, 11) is 1.65. The van der Waals surface area contributed by atoms with Gasteiger partial charge in [-0.05, 0) is 36.8 Å². The summed E-state index contributed by atoms with van der Waals surface area (Å²) >= 11 is 0. The number of aromatic amines is 1. The van der Waals surface area contributed by atoms with E-state index in [-0.39, 0.29) is 0 Å². The minimum absolute atomic E-state index is 0.731. The quantitative estimate of drug-likeness (QED) is 0.578. The van der Waals surface area contributed by atoms with E-state index in [1.165, 1.54) is 0 Å². The Bertz CT molecular complexity index is 1100. The zero-order chi connectivity index (χ0) is 17.4. The lowest BCUT2D eigenvalue weighted by Gasteiger charge is -2.13. The molecular formula is C20H18N4O. The second-order valence-electron chi connectivity index (χ2n) is 5.96. The number of anilines is 1. The predicted molar refractivity (Wildman–Crippen MR) is 102 cm³/mol. The fraction of sp³-hybridized carbons (Fsp3) is 0.100. The van der Waals surface area contributed by atoms with Gasteiger partial charge < -0.3 is 10.1 Å². The van der Waals surface area contributed by atoms with Crippen LogP contribution in [0.25, 0.3) is 27.5 Å². The van der Waals surface area contributed by atoms with Crippen LogP contribution in [0.15, 0.2) is 55.2 Å². The zero-order valence-corrected chi connectivity index (χ0v) is 14.1. The first-order valence-corrected chi connectivity index (χ1v) is 7.99. The van der Waals surface area contributed by atoms with E-state index in [1.54, 1.807) is 7.11 Å². The van der Waals surface area contributed by atoms with Gasteiger partial charge in [0.15, 0.2) is 0 Å². The second kappa shape index (κ2) is 5.94. The van der Waals surface area contributed by atoms with Gasteiger partial charge in [-0.2, -0.15) is 5.10 Å².